The van der Waals surface area contributed by atoms with Crippen molar-refractivity contribution in [3.63, 3.8) is 0 Å². The van der Waals surface area contributed by atoms with Gasteiger partial charge in [0.1, 0.15) is 0 Å². The van der Waals surface area contributed by atoms with Crippen LogP contribution in [0.1, 0.15) is 18.4 Å². The molecule has 142 valence electrons. The van der Waals surface area contributed by atoms with E-state index in [9.17, 15) is 13.2 Å². The van der Waals surface area contributed by atoms with E-state index in [1.807, 2.05) is 0 Å². The van der Waals surface area contributed by atoms with E-state index in [2.05, 4.69) is 5.32 Å². The Kier molecular flexibility index (Phi) is 6.31. The number of hydrogen-bond acceptors (Lipinski definition) is 4. The molecule has 1 amide bonds. The van der Waals surface area contributed by atoms with Gasteiger partial charge < -0.3 is 10.1 Å². The molecule has 1 aliphatic rings. The lowest BCUT2D eigenvalue weighted by molar-refractivity contribution is -0.111. The summed E-state index contributed by atoms with van der Waals surface area (Å²) in [5.41, 5.74) is 1.38. The van der Waals surface area contributed by atoms with Crippen molar-refractivity contribution in [3.8, 4) is 0 Å². The highest BCUT2D eigenvalue weighted by atomic mass is 35.5. The molecule has 1 saturated heterocycles. The Labute approximate surface area is 163 Å². The number of sulfone groups is 1. The van der Waals surface area contributed by atoms with Gasteiger partial charge in [-0.3, -0.25) is 4.79 Å². The predicted octanol–water partition coefficient (Wildman–Crippen LogP) is 3.94. The summed E-state index contributed by atoms with van der Waals surface area (Å²) in [6.45, 7) is 0.620. The van der Waals surface area contributed by atoms with Gasteiger partial charge in [-0.15, -0.1) is 0 Å². The van der Waals surface area contributed by atoms with Gasteiger partial charge in [0.2, 0.25) is 5.91 Å². The fourth-order valence-corrected chi connectivity index (χ4v) is 4.41. The van der Waals surface area contributed by atoms with Crippen LogP contribution in [0.4, 0.5) is 5.69 Å². The quantitative estimate of drug-likeness (QED) is 0.738. The molecule has 0 spiro atoms. The number of benzene rings is 2. The first-order chi connectivity index (χ1) is 12.9. The summed E-state index contributed by atoms with van der Waals surface area (Å²) >= 11 is 5.82. The van der Waals surface area contributed by atoms with E-state index in [0.29, 0.717) is 17.3 Å². The lowest BCUT2D eigenvalue weighted by Gasteiger charge is -2.10. The Morgan fingerprint density at radius 1 is 1.15 bits per heavy atom. The van der Waals surface area contributed by atoms with Crippen molar-refractivity contribution in [1.29, 1.82) is 0 Å². The van der Waals surface area contributed by atoms with E-state index in [1.54, 1.807) is 42.5 Å². The maximum atomic E-state index is 12.4. The summed E-state index contributed by atoms with van der Waals surface area (Å²) in [4.78, 5) is 12.2. The van der Waals surface area contributed by atoms with Gasteiger partial charge in [-0.2, -0.15) is 0 Å². The number of rotatable bonds is 6. The first-order valence-corrected chi connectivity index (χ1v) is 10.6. The first kappa shape index (κ1) is 19.6. The first-order valence-electron chi connectivity index (χ1n) is 8.61. The normalized spacial score (nSPS) is 17.3. The van der Waals surface area contributed by atoms with E-state index >= 15 is 0 Å². The minimum Gasteiger partial charge on any atom is -0.377 e. The standard InChI is InChI=1S/C20H20ClNO4S/c21-16-6-3-15(4-7-16)5-12-20(23)22-17-8-10-19(11-9-17)27(24,25)14-18-2-1-13-26-18/h3-12,18H,1-2,13-14H2,(H,22,23)/b12-5+. The molecule has 1 N–H and O–H groups in total. The van der Waals surface area contributed by atoms with Crippen LogP contribution >= 0.6 is 11.6 Å². The second-order valence-corrected chi connectivity index (χ2v) is 8.79. The van der Waals surface area contributed by atoms with E-state index in [0.717, 1.165) is 18.4 Å². The van der Waals surface area contributed by atoms with Crippen LogP contribution < -0.4 is 5.32 Å². The van der Waals surface area contributed by atoms with Gasteiger partial charge >= 0.3 is 0 Å². The van der Waals surface area contributed by atoms with Crippen molar-refractivity contribution in [2.75, 3.05) is 17.7 Å². The van der Waals surface area contributed by atoms with Crippen molar-refractivity contribution in [3.05, 3.63) is 65.2 Å². The molecule has 2 aromatic rings. The lowest BCUT2D eigenvalue weighted by atomic mass is 10.2. The van der Waals surface area contributed by atoms with Crippen molar-refractivity contribution < 1.29 is 17.9 Å². The number of ether oxygens (including phenoxy) is 1. The second kappa shape index (κ2) is 8.69. The number of amides is 1. The van der Waals surface area contributed by atoms with Crippen LogP contribution in [-0.2, 0) is 19.4 Å². The number of hydrogen-bond donors (Lipinski definition) is 1. The molecule has 1 heterocycles. The topological polar surface area (TPSA) is 72.5 Å². The Hall–Kier alpha value is -2.15. The molecule has 0 saturated carbocycles. The Morgan fingerprint density at radius 2 is 1.85 bits per heavy atom. The average Bonchev–Trinajstić information content (AvgIpc) is 3.14. The third kappa shape index (κ3) is 5.66. The highest BCUT2D eigenvalue weighted by Crippen LogP contribution is 2.20. The summed E-state index contributed by atoms with van der Waals surface area (Å²) in [5, 5.41) is 3.33. The van der Waals surface area contributed by atoms with Crippen LogP contribution in [0.15, 0.2) is 59.5 Å². The SMILES string of the molecule is O=C(/C=C/c1ccc(Cl)cc1)Nc1ccc(S(=O)(=O)CC2CCCO2)cc1. The Bertz CT molecular complexity index is 915. The van der Waals surface area contributed by atoms with E-state index in [-0.39, 0.29) is 22.7 Å². The molecule has 1 fully saturated rings. The van der Waals surface area contributed by atoms with Gasteiger partial charge in [-0.05, 0) is 60.9 Å². The third-order valence-corrected chi connectivity index (χ3v) is 6.26. The van der Waals surface area contributed by atoms with E-state index in [4.69, 9.17) is 16.3 Å². The lowest BCUT2D eigenvalue weighted by Crippen LogP contribution is -2.20. The van der Waals surface area contributed by atoms with Crippen molar-refractivity contribution in [2.24, 2.45) is 0 Å². The maximum Gasteiger partial charge on any atom is 0.248 e. The number of carbonyl (C=O) groups is 1. The van der Waals surface area contributed by atoms with Crippen LogP contribution in [-0.4, -0.2) is 32.8 Å². The monoisotopic (exact) mass is 405 g/mol. The zero-order chi connectivity index (χ0) is 19.3. The van der Waals surface area contributed by atoms with Crippen molar-refractivity contribution >= 4 is 39.1 Å². The number of carbonyl (C=O) groups excluding carboxylic acids is 1. The summed E-state index contributed by atoms with van der Waals surface area (Å²) in [6, 6.07) is 13.3. The molecule has 0 aliphatic carbocycles. The minimum absolute atomic E-state index is 0.0114. The number of anilines is 1. The fraction of sp³-hybridized carbons (Fsp3) is 0.250. The van der Waals surface area contributed by atoms with E-state index < -0.39 is 9.84 Å². The third-order valence-electron chi connectivity index (χ3n) is 4.21. The Morgan fingerprint density at radius 3 is 2.48 bits per heavy atom. The summed E-state index contributed by atoms with van der Waals surface area (Å²) < 4.78 is 30.2. The van der Waals surface area contributed by atoms with Crippen LogP contribution in [0.5, 0.6) is 0 Å². The smallest absolute Gasteiger partial charge is 0.248 e. The molecule has 1 atom stereocenters. The summed E-state index contributed by atoms with van der Waals surface area (Å²) in [5.74, 6) is -0.317. The summed E-state index contributed by atoms with van der Waals surface area (Å²) in [6.07, 6.45) is 4.52. The largest absolute Gasteiger partial charge is 0.377 e. The van der Waals surface area contributed by atoms with Gasteiger partial charge in [-0.1, -0.05) is 23.7 Å². The summed E-state index contributed by atoms with van der Waals surface area (Å²) in [7, 11) is -3.40. The zero-order valence-corrected chi connectivity index (χ0v) is 16.2. The molecule has 0 bridgehead atoms. The van der Waals surface area contributed by atoms with Crippen LogP contribution in [0, 0.1) is 0 Å². The molecule has 1 aliphatic heterocycles. The Balaban J connectivity index is 1.59. The molecule has 0 radical (unpaired) electrons. The van der Waals surface area contributed by atoms with Crippen molar-refractivity contribution in [2.45, 2.75) is 23.8 Å². The molecule has 27 heavy (non-hydrogen) atoms. The van der Waals surface area contributed by atoms with Crippen molar-refractivity contribution in [1.82, 2.24) is 0 Å². The number of halogens is 1. The molecule has 7 heteroatoms. The van der Waals surface area contributed by atoms with Crippen LogP contribution in [0.25, 0.3) is 6.08 Å². The molecular weight excluding hydrogens is 386 g/mol. The van der Waals surface area contributed by atoms with Gasteiger partial charge in [0.05, 0.1) is 16.8 Å². The molecule has 5 nitrogen and oxygen atoms in total. The van der Waals surface area contributed by atoms with Gasteiger partial charge in [0.15, 0.2) is 9.84 Å². The minimum atomic E-state index is -3.40. The molecule has 0 aromatic heterocycles. The average molecular weight is 406 g/mol. The van der Waals surface area contributed by atoms with Gasteiger partial charge in [-0.25, -0.2) is 8.42 Å². The predicted molar refractivity (Wildman–Crippen MR) is 107 cm³/mol. The van der Waals surface area contributed by atoms with E-state index in [1.165, 1.54) is 18.2 Å². The highest BCUT2D eigenvalue weighted by Gasteiger charge is 2.24. The highest BCUT2D eigenvalue weighted by molar-refractivity contribution is 7.91. The van der Waals surface area contributed by atoms with Crippen LogP contribution in [0.3, 0.4) is 0 Å². The second-order valence-electron chi connectivity index (χ2n) is 6.31. The maximum absolute atomic E-state index is 12.4. The molecule has 1 unspecified atom stereocenters. The molecular formula is C20H20ClNO4S. The molecule has 2 aromatic carbocycles. The van der Waals surface area contributed by atoms with Gasteiger partial charge in [0, 0.05) is 23.4 Å². The number of nitrogens with one attached hydrogen (secondary N) is 1. The van der Waals surface area contributed by atoms with Crippen LogP contribution in [0.2, 0.25) is 5.02 Å². The molecule has 3 rings (SSSR count). The fourth-order valence-electron chi connectivity index (χ4n) is 2.79. The van der Waals surface area contributed by atoms with Gasteiger partial charge in [0.25, 0.3) is 0 Å². The zero-order valence-electron chi connectivity index (χ0n) is 14.6.